The third kappa shape index (κ3) is 3.10. The summed E-state index contributed by atoms with van der Waals surface area (Å²) in [6.45, 7) is 6.08. The Kier molecular flexibility index (Phi) is 4.65. The molecule has 22 heavy (non-hydrogen) atoms. The van der Waals surface area contributed by atoms with Gasteiger partial charge in [-0.05, 0) is 34.6 Å². The molecule has 0 N–H and O–H groups in total. The van der Waals surface area contributed by atoms with Crippen LogP contribution >= 0.6 is 11.3 Å². The van der Waals surface area contributed by atoms with Gasteiger partial charge in [-0.1, -0.05) is 12.1 Å². The van der Waals surface area contributed by atoms with Gasteiger partial charge in [-0.25, -0.2) is 0 Å². The number of aromatic nitrogens is 1. The van der Waals surface area contributed by atoms with Crippen LogP contribution in [0.5, 0.6) is 0 Å². The molecule has 2 aromatic heterocycles. The van der Waals surface area contributed by atoms with Crippen LogP contribution in [0.25, 0.3) is 0 Å². The van der Waals surface area contributed by atoms with Crippen molar-refractivity contribution in [2.45, 2.75) is 19.6 Å². The number of hydrogen-bond acceptors (Lipinski definition) is 4. The van der Waals surface area contributed by atoms with Crippen molar-refractivity contribution in [3.05, 3.63) is 64.1 Å². The molecule has 5 heteroatoms. The van der Waals surface area contributed by atoms with E-state index >= 15 is 0 Å². The van der Waals surface area contributed by atoms with Gasteiger partial charge in [-0.2, -0.15) is 0 Å². The first-order chi connectivity index (χ1) is 10.8. The Labute approximate surface area is 134 Å². The molecule has 4 nitrogen and oxygen atoms in total. The Morgan fingerprint density at radius 3 is 3.18 bits per heavy atom. The van der Waals surface area contributed by atoms with E-state index in [0.717, 1.165) is 29.0 Å². The number of thiophene rings is 1. The lowest BCUT2D eigenvalue weighted by molar-refractivity contribution is 0.0738. The molecule has 114 valence electrons. The maximum absolute atomic E-state index is 12.4. The summed E-state index contributed by atoms with van der Waals surface area (Å²) < 4.78 is 5.53. The molecule has 0 aromatic carbocycles. The minimum absolute atomic E-state index is 0.106. The molecular formula is C17H18N2O2S. The van der Waals surface area contributed by atoms with E-state index in [0.29, 0.717) is 19.8 Å². The van der Waals surface area contributed by atoms with E-state index in [-0.39, 0.29) is 5.91 Å². The molecule has 0 saturated heterocycles. The van der Waals surface area contributed by atoms with Crippen LogP contribution in [0.15, 0.2) is 42.6 Å². The Balaban J connectivity index is 1.75. The first-order valence-corrected chi connectivity index (χ1v) is 8.13. The molecule has 0 bridgehead atoms. The monoisotopic (exact) mass is 314 g/mol. The summed E-state index contributed by atoms with van der Waals surface area (Å²) in [5, 5.41) is 1.93. The van der Waals surface area contributed by atoms with Crippen molar-refractivity contribution in [2.75, 3.05) is 13.2 Å². The maximum atomic E-state index is 12.4. The number of nitrogens with zero attached hydrogens (tertiary/aromatic N) is 2. The van der Waals surface area contributed by atoms with Crippen molar-refractivity contribution >= 4 is 17.2 Å². The summed E-state index contributed by atoms with van der Waals surface area (Å²) in [6, 6.07) is 3.78. The van der Waals surface area contributed by atoms with Gasteiger partial charge in [0.05, 0.1) is 18.1 Å². The van der Waals surface area contributed by atoms with Gasteiger partial charge in [0.25, 0.3) is 5.91 Å². The fourth-order valence-electron chi connectivity index (χ4n) is 2.67. The number of pyridine rings is 1. The van der Waals surface area contributed by atoms with Crippen molar-refractivity contribution < 1.29 is 9.53 Å². The van der Waals surface area contributed by atoms with Gasteiger partial charge in [-0.15, -0.1) is 17.9 Å². The SMILES string of the molecule is C=CCOCc1cncc2c1CCN(C(=O)c1cccs1)C2. The number of amides is 1. The van der Waals surface area contributed by atoms with E-state index < -0.39 is 0 Å². The van der Waals surface area contributed by atoms with Crippen LogP contribution in [-0.4, -0.2) is 28.9 Å². The highest BCUT2D eigenvalue weighted by Gasteiger charge is 2.24. The van der Waals surface area contributed by atoms with E-state index in [2.05, 4.69) is 11.6 Å². The second-order valence-corrected chi connectivity index (χ2v) is 6.14. The topological polar surface area (TPSA) is 42.4 Å². The number of ether oxygens (including phenoxy) is 1. The molecule has 1 aliphatic rings. The van der Waals surface area contributed by atoms with Crippen LogP contribution in [-0.2, 0) is 24.3 Å². The van der Waals surface area contributed by atoms with Gasteiger partial charge >= 0.3 is 0 Å². The minimum Gasteiger partial charge on any atom is -0.373 e. The van der Waals surface area contributed by atoms with Gasteiger partial charge in [0, 0.05) is 25.5 Å². The average Bonchev–Trinajstić information content (AvgIpc) is 3.08. The molecule has 0 spiro atoms. The molecule has 3 rings (SSSR count). The third-order valence-electron chi connectivity index (χ3n) is 3.74. The second kappa shape index (κ2) is 6.85. The second-order valence-electron chi connectivity index (χ2n) is 5.19. The maximum Gasteiger partial charge on any atom is 0.264 e. The largest absolute Gasteiger partial charge is 0.373 e. The summed E-state index contributed by atoms with van der Waals surface area (Å²) >= 11 is 1.49. The molecule has 1 aliphatic heterocycles. The van der Waals surface area contributed by atoms with Crippen molar-refractivity contribution in [2.24, 2.45) is 0 Å². The standard InChI is InChI=1S/C17H18N2O2S/c1-2-7-21-12-14-10-18-9-13-11-19(6-5-15(13)14)17(20)16-4-3-8-22-16/h2-4,8-10H,1,5-7,11-12H2. The molecule has 3 heterocycles. The number of carbonyl (C=O) groups excluding carboxylic acids is 1. The van der Waals surface area contributed by atoms with Gasteiger partial charge in [0.15, 0.2) is 0 Å². The van der Waals surface area contributed by atoms with E-state index in [1.54, 1.807) is 6.08 Å². The van der Waals surface area contributed by atoms with Gasteiger partial charge < -0.3 is 9.64 Å². The van der Waals surface area contributed by atoms with E-state index in [1.807, 2.05) is 34.8 Å². The van der Waals surface area contributed by atoms with E-state index in [1.165, 1.54) is 16.9 Å². The van der Waals surface area contributed by atoms with Crippen molar-refractivity contribution in [3.8, 4) is 0 Å². The molecule has 0 unspecified atom stereocenters. The van der Waals surface area contributed by atoms with Crippen molar-refractivity contribution in [3.63, 3.8) is 0 Å². The predicted molar refractivity (Wildman–Crippen MR) is 86.9 cm³/mol. The zero-order chi connectivity index (χ0) is 15.4. The quantitative estimate of drug-likeness (QED) is 0.629. The normalized spacial score (nSPS) is 13.7. The Bertz CT molecular complexity index is 667. The number of hydrogen-bond donors (Lipinski definition) is 0. The van der Waals surface area contributed by atoms with Gasteiger partial charge in [0.1, 0.15) is 0 Å². The smallest absolute Gasteiger partial charge is 0.264 e. The summed E-state index contributed by atoms with van der Waals surface area (Å²) in [6.07, 6.45) is 6.31. The lowest BCUT2D eigenvalue weighted by Crippen LogP contribution is -2.36. The Morgan fingerprint density at radius 1 is 1.50 bits per heavy atom. The number of carbonyl (C=O) groups is 1. The van der Waals surface area contributed by atoms with Crippen LogP contribution in [0.1, 0.15) is 26.4 Å². The summed E-state index contributed by atoms with van der Waals surface area (Å²) in [5.74, 6) is 0.106. The van der Waals surface area contributed by atoms with Crippen molar-refractivity contribution in [1.29, 1.82) is 0 Å². The van der Waals surface area contributed by atoms with E-state index in [9.17, 15) is 4.79 Å². The molecule has 0 radical (unpaired) electrons. The number of rotatable bonds is 5. The minimum atomic E-state index is 0.106. The predicted octanol–water partition coefficient (Wildman–Crippen LogP) is 3.04. The highest BCUT2D eigenvalue weighted by molar-refractivity contribution is 7.12. The fraction of sp³-hybridized carbons (Fsp3) is 0.294. The first kappa shape index (κ1) is 14.9. The molecule has 0 fully saturated rings. The Morgan fingerprint density at radius 2 is 2.41 bits per heavy atom. The highest BCUT2D eigenvalue weighted by atomic mass is 32.1. The molecule has 0 aliphatic carbocycles. The molecular weight excluding hydrogens is 296 g/mol. The van der Waals surface area contributed by atoms with Crippen LogP contribution in [0.3, 0.4) is 0 Å². The summed E-state index contributed by atoms with van der Waals surface area (Å²) in [5.41, 5.74) is 3.51. The number of fused-ring (bicyclic) bond motifs is 1. The molecule has 0 atom stereocenters. The van der Waals surface area contributed by atoms with Crippen LogP contribution in [0.2, 0.25) is 0 Å². The van der Waals surface area contributed by atoms with Crippen molar-refractivity contribution in [1.82, 2.24) is 9.88 Å². The summed E-state index contributed by atoms with van der Waals surface area (Å²) in [4.78, 5) is 19.4. The molecule has 0 saturated carbocycles. The van der Waals surface area contributed by atoms with Crippen LogP contribution in [0.4, 0.5) is 0 Å². The summed E-state index contributed by atoms with van der Waals surface area (Å²) in [7, 11) is 0. The average molecular weight is 314 g/mol. The highest BCUT2D eigenvalue weighted by Crippen LogP contribution is 2.24. The third-order valence-corrected chi connectivity index (χ3v) is 4.60. The first-order valence-electron chi connectivity index (χ1n) is 7.25. The van der Waals surface area contributed by atoms with Gasteiger partial charge in [-0.3, -0.25) is 9.78 Å². The van der Waals surface area contributed by atoms with Gasteiger partial charge in [0.2, 0.25) is 0 Å². The zero-order valence-corrected chi connectivity index (χ0v) is 13.1. The fourth-order valence-corrected chi connectivity index (χ4v) is 3.36. The molecule has 1 amide bonds. The Hall–Kier alpha value is -1.98. The lowest BCUT2D eigenvalue weighted by Gasteiger charge is -2.29. The zero-order valence-electron chi connectivity index (χ0n) is 12.3. The lowest BCUT2D eigenvalue weighted by atomic mass is 9.97. The van der Waals surface area contributed by atoms with Crippen LogP contribution < -0.4 is 0 Å². The van der Waals surface area contributed by atoms with Crippen LogP contribution in [0, 0.1) is 0 Å². The molecule has 2 aromatic rings. The van der Waals surface area contributed by atoms with E-state index in [4.69, 9.17) is 4.74 Å².